The van der Waals surface area contributed by atoms with Crippen LogP contribution in [0.15, 0.2) is 30.3 Å². The highest BCUT2D eigenvalue weighted by Gasteiger charge is 2.48. The van der Waals surface area contributed by atoms with Gasteiger partial charge in [-0.25, -0.2) is 4.79 Å². The summed E-state index contributed by atoms with van der Waals surface area (Å²) in [4.78, 5) is 31.8. The first-order chi connectivity index (χ1) is 17.4. The molecule has 1 aliphatic rings. The molecule has 2 rings (SSSR count). The van der Waals surface area contributed by atoms with E-state index in [0.29, 0.717) is 19.3 Å². The maximum Gasteiger partial charge on any atom is 0.407 e. The lowest BCUT2D eigenvalue weighted by Gasteiger charge is -2.54. The average molecular weight is 534 g/mol. The summed E-state index contributed by atoms with van der Waals surface area (Å²) < 4.78 is 11.2. The maximum atomic E-state index is 12.7. The number of piperidine rings is 1. The fourth-order valence-corrected chi connectivity index (χ4v) is 5.36. The smallest absolute Gasteiger partial charge is 0.407 e. The fourth-order valence-electron chi connectivity index (χ4n) is 5.36. The van der Waals surface area contributed by atoms with E-state index in [1.165, 1.54) is 0 Å². The summed E-state index contributed by atoms with van der Waals surface area (Å²) in [7, 11) is 1.92. The van der Waals surface area contributed by atoms with Crippen molar-refractivity contribution in [1.82, 2.24) is 15.7 Å². The van der Waals surface area contributed by atoms with Crippen molar-refractivity contribution in [3.8, 4) is 0 Å². The van der Waals surface area contributed by atoms with Crippen LogP contribution < -0.4 is 10.6 Å². The minimum absolute atomic E-state index is 0.00876. The van der Waals surface area contributed by atoms with Crippen LogP contribution in [0.5, 0.6) is 0 Å². The first-order valence-electron chi connectivity index (χ1n) is 13.8. The van der Waals surface area contributed by atoms with Crippen molar-refractivity contribution in [3.63, 3.8) is 0 Å². The molecule has 0 bridgehead atoms. The Hall–Kier alpha value is -2.16. The van der Waals surface area contributed by atoms with Gasteiger partial charge in [0.15, 0.2) is 0 Å². The number of carbonyl (C=O) groups excluding carboxylic acids is 2. The van der Waals surface area contributed by atoms with Crippen LogP contribution in [0.1, 0.15) is 99.7 Å². The minimum Gasteiger partial charge on any atom is -0.462 e. The molecule has 0 radical (unpaired) electrons. The highest BCUT2D eigenvalue weighted by molar-refractivity contribution is 5.69. The van der Waals surface area contributed by atoms with Crippen LogP contribution in [0.2, 0.25) is 0 Å². The molecule has 0 saturated carbocycles. The molecule has 8 nitrogen and oxygen atoms in total. The Balaban J connectivity index is 2.12. The Bertz CT molecular complexity index is 890. The molecule has 216 valence electrons. The van der Waals surface area contributed by atoms with Gasteiger partial charge in [0.1, 0.15) is 18.3 Å². The first-order valence-corrected chi connectivity index (χ1v) is 13.8. The summed E-state index contributed by atoms with van der Waals surface area (Å²) in [6.07, 6.45) is 1.58. The summed E-state index contributed by atoms with van der Waals surface area (Å²) in [6, 6.07) is 9.79. The van der Waals surface area contributed by atoms with Crippen LogP contribution >= 0.6 is 0 Å². The van der Waals surface area contributed by atoms with Crippen LogP contribution in [0, 0.1) is 5.41 Å². The van der Waals surface area contributed by atoms with Crippen molar-refractivity contribution in [3.05, 3.63) is 35.9 Å². The van der Waals surface area contributed by atoms with E-state index in [1.807, 2.05) is 63.2 Å². The molecule has 2 N–H and O–H groups in total. The van der Waals surface area contributed by atoms with Crippen LogP contribution in [-0.4, -0.2) is 60.0 Å². The van der Waals surface area contributed by atoms with Gasteiger partial charge in [0.05, 0.1) is 0 Å². The monoisotopic (exact) mass is 533 g/mol. The number of hydroxylamine groups is 2. The van der Waals surface area contributed by atoms with Gasteiger partial charge in [0.25, 0.3) is 0 Å². The predicted octanol–water partition coefficient (Wildman–Crippen LogP) is 5.77. The molecule has 38 heavy (non-hydrogen) atoms. The number of hydrogen-bond acceptors (Lipinski definition) is 7. The third kappa shape index (κ3) is 10.2. The lowest BCUT2D eigenvalue weighted by atomic mass is 9.79. The van der Waals surface area contributed by atoms with E-state index < -0.39 is 28.9 Å². The van der Waals surface area contributed by atoms with E-state index in [-0.39, 0.29) is 24.0 Å². The molecule has 1 unspecified atom stereocenters. The van der Waals surface area contributed by atoms with Crippen molar-refractivity contribution in [1.29, 1.82) is 0 Å². The van der Waals surface area contributed by atoms with Gasteiger partial charge in [-0.1, -0.05) is 44.2 Å². The molecule has 1 fully saturated rings. The molecule has 0 aliphatic carbocycles. The summed E-state index contributed by atoms with van der Waals surface area (Å²) in [5, 5.41) is 8.25. The largest absolute Gasteiger partial charge is 0.462 e. The third-order valence-electron chi connectivity index (χ3n) is 6.77. The number of amides is 1. The number of esters is 1. The van der Waals surface area contributed by atoms with Crippen molar-refractivity contribution in [2.45, 2.75) is 117 Å². The molecular weight excluding hydrogens is 482 g/mol. The van der Waals surface area contributed by atoms with E-state index in [2.05, 4.69) is 52.2 Å². The number of ether oxygens (including phenoxy) is 2. The summed E-state index contributed by atoms with van der Waals surface area (Å²) >= 11 is 0. The molecular formula is C30H51N3O5. The zero-order chi connectivity index (χ0) is 28.8. The minimum atomic E-state index is -0.554. The maximum absolute atomic E-state index is 12.7. The van der Waals surface area contributed by atoms with Gasteiger partial charge in [-0.3, -0.25) is 9.63 Å². The first kappa shape index (κ1) is 32.1. The number of carbonyl (C=O) groups is 2. The molecule has 1 amide bonds. The molecule has 1 aliphatic heterocycles. The lowest BCUT2D eigenvalue weighted by molar-refractivity contribution is -0.314. The summed E-state index contributed by atoms with van der Waals surface area (Å²) in [5.41, 5.74) is -0.418. The van der Waals surface area contributed by atoms with Crippen LogP contribution in [0.25, 0.3) is 0 Å². The Morgan fingerprint density at radius 2 is 1.61 bits per heavy atom. The van der Waals surface area contributed by atoms with Gasteiger partial charge >= 0.3 is 12.1 Å². The Morgan fingerprint density at radius 1 is 1.03 bits per heavy atom. The van der Waals surface area contributed by atoms with Gasteiger partial charge < -0.3 is 20.1 Å². The second-order valence-electron chi connectivity index (χ2n) is 13.6. The molecule has 1 saturated heterocycles. The van der Waals surface area contributed by atoms with Gasteiger partial charge in [0, 0.05) is 23.5 Å². The van der Waals surface area contributed by atoms with Gasteiger partial charge in [0.2, 0.25) is 0 Å². The van der Waals surface area contributed by atoms with Gasteiger partial charge in [-0.2, -0.15) is 5.06 Å². The molecule has 8 heteroatoms. The lowest BCUT2D eigenvalue weighted by Crippen LogP contribution is -2.64. The van der Waals surface area contributed by atoms with E-state index >= 15 is 0 Å². The number of rotatable bonds is 11. The van der Waals surface area contributed by atoms with Gasteiger partial charge in [-0.15, -0.1) is 0 Å². The summed E-state index contributed by atoms with van der Waals surface area (Å²) in [5.74, 6) is -0.225. The molecule has 1 heterocycles. The SMILES string of the molecule is CNCC(C)(C)CCC(=O)OCC(ON1C(C)(C)CC(NC(=O)OC(C)(C)C)CC1(C)C)c1ccccc1. The van der Waals surface area contributed by atoms with E-state index in [9.17, 15) is 9.59 Å². The van der Waals surface area contributed by atoms with Crippen LogP contribution in [-0.2, 0) is 19.1 Å². The number of nitrogens with zero attached hydrogens (tertiary/aromatic N) is 1. The quantitative estimate of drug-likeness (QED) is 0.349. The second-order valence-corrected chi connectivity index (χ2v) is 13.6. The molecule has 1 aromatic carbocycles. The Kier molecular flexibility index (Phi) is 10.8. The number of hydrogen-bond donors (Lipinski definition) is 2. The zero-order valence-corrected chi connectivity index (χ0v) is 25.3. The zero-order valence-electron chi connectivity index (χ0n) is 25.3. The van der Waals surface area contributed by atoms with Crippen LogP contribution in [0.3, 0.4) is 0 Å². The highest BCUT2D eigenvalue weighted by Crippen LogP contribution is 2.41. The Morgan fingerprint density at radius 3 is 2.13 bits per heavy atom. The van der Waals surface area contributed by atoms with Gasteiger partial charge in [-0.05, 0) is 92.3 Å². The molecule has 0 aromatic heterocycles. The molecule has 1 aromatic rings. The molecule has 0 spiro atoms. The number of benzene rings is 1. The van der Waals surface area contributed by atoms with Crippen LogP contribution in [0.4, 0.5) is 4.79 Å². The van der Waals surface area contributed by atoms with E-state index in [1.54, 1.807) is 0 Å². The van der Waals surface area contributed by atoms with E-state index in [0.717, 1.165) is 18.5 Å². The predicted molar refractivity (Wildman–Crippen MR) is 151 cm³/mol. The summed E-state index contributed by atoms with van der Waals surface area (Å²) in [6.45, 7) is 19.2. The topological polar surface area (TPSA) is 89.1 Å². The fraction of sp³-hybridized carbons (Fsp3) is 0.733. The normalized spacial score (nSPS) is 19.0. The van der Waals surface area contributed by atoms with Crippen molar-refractivity contribution >= 4 is 12.1 Å². The highest BCUT2D eigenvalue weighted by atomic mass is 16.7. The third-order valence-corrected chi connectivity index (χ3v) is 6.77. The molecule has 1 atom stereocenters. The van der Waals surface area contributed by atoms with Crippen molar-refractivity contribution in [2.75, 3.05) is 20.2 Å². The van der Waals surface area contributed by atoms with E-state index in [4.69, 9.17) is 14.3 Å². The van der Waals surface area contributed by atoms with Crippen molar-refractivity contribution in [2.24, 2.45) is 5.41 Å². The number of nitrogens with one attached hydrogen (secondary N) is 2. The standard InChI is InChI=1S/C30H51N3O5/c1-27(2,3)37-26(35)32-23-18-29(6,7)33(30(8,9)19-23)38-24(22-14-12-11-13-15-22)20-36-25(34)16-17-28(4,5)21-31-10/h11-15,23-24,31H,16-21H2,1-10H3,(H,32,35). The number of alkyl carbamates (subject to hydrolysis) is 1. The van der Waals surface area contributed by atoms with Crippen molar-refractivity contribution < 1.29 is 23.9 Å². The Labute approximate surface area is 230 Å². The average Bonchev–Trinajstić information content (AvgIpc) is 2.75. The second kappa shape index (κ2) is 12.8.